The average molecular weight is 324 g/mol. The third-order valence-electron chi connectivity index (χ3n) is 3.12. The number of fused-ring (bicyclic) bond motifs is 1. The van der Waals surface area contributed by atoms with Crippen LogP contribution in [0.4, 0.5) is 5.69 Å². The van der Waals surface area contributed by atoms with Gasteiger partial charge >= 0.3 is 0 Å². The van der Waals surface area contributed by atoms with E-state index >= 15 is 0 Å². The van der Waals surface area contributed by atoms with Gasteiger partial charge in [-0.15, -0.1) is 0 Å². The molecule has 0 spiro atoms. The summed E-state index contributed by atoms with van der Waals surface area (Å²) < 4.78 is 5.57. The summed E-state index contributed by atoms with van der Waals surface area (Å²) in [6.45, 7) is 3.51. The van der Waals surface area contributed by atoms with Crippen LogP contribution in [-0.2, 0) is 16.0 Å². The van der Waals surface area contributed by atoms with Gasteiger partial charge in [-0.05, 0) is 43.5 Å². The van der Waals surface area contributed by atoms with Gasteiger partial charge in [-0.1, -0.05) is 0 Å². The predicted octanol–water partition coefficient (Wildman–Crippen LogP) is -0.912. The van der Waals surface area contributed by atoms with Crippen LogP contribution < -0.4 is 20.9 Å². The summed E-state index contributed by atoms with van der Waals surface area (Å²) in [7, 11) is 0. The van der Waals surface area contributed by atoms with Crippen molar-refractivity contribution in [2.75, 3.05) is 11.9 Å². The maximum absolute atomic E-state index is 10.9. The molecular weight excluding hydrogens is 300 g/mol. The Morgan fingerprint density at radius 2 is 2.17 bits per heavy atom. The highest BCUT2D eigenvalue weighted by Gasteiger charge is 2.20. The molecule has 1 heterocycles. The highest BCUT2D eigenvalue weighted by molar-refractivity contribution is 5.88. The molecule has 1 amide bonds. The van der Waals surface area contributed by atoms with Crippen LogP contribution in [0, 0.1) is 0 Å². The van der Waals surface area contributed by atoms with Crippen molar-refractivity contribution in [3.8, 4) is 5.75 Å². The van der Waals surface area contributed by atoms with E-state index in [4.69, 9.17) is 9.84 Å². The smallest absolute Gasteiger partial charge is 0.221 e. The molecule has 0 aliphatic carbocycles. The number of benzene rings is 1. The molecule has 1 aromatic carbocycles. The number of carboxylic acid groups (broad SMARTS) is 1. The van der Waals surface area contributed by atoms with Crippen LogP contribution in [0.3, 0.4) is 0 Å². The number of aliphatic carboxylic acids is 1. The molecule has 0 fully saturated rings. The highest BCUT2D eigenvalue weighted by Crippen LogP contribution is 2.30. The van der Waals surface area contributed by atoms with Crippen LogP contribution in [0.15, 0.2) is 18.2 Å². The Morgan fingerprint density at radius 3 is 2.70 bits per heavy atom. The summed E-state index contributed by atoms with van der Waals surface area (Å²) in [5, 5.41) is 21.3. The number of hydrogen-bond donors (Lipinski definition) is 3. The van der Waals surface area contributed by atoms with E-state index in [9.17, 15) is 14.7 Å². The number of aryl methyl sites for hydroxylation is 1. The number of aliphatic hydroxyl groups is 1. The van der Waals surface area contributed by atoms with Gasteiger partial charge in [0.15, 0.2) is 0 Å². The first kappa shape index (κ1) is 18.9. The lowest BCUT2D eigenvalue weighted by Crippen LogP contribution is -2.60. The van der Waals surface area contributed by atoms with E-state index in [-0.39, 0.29) is 31.1 Å². The molecule has 1 aliphatic heterocycles. The monoisotopic (exact) mass is 324 g/mol. The van der Waals surface area contributed by atoms with Gasteiger partial charge in [0.25, 0.3) is 0 Å². The third kappa shape index (κ3) is 7.12. The first-order valence-corrected chi connectivity index (χ1v) is 7.52. The van der Waals surface area contributed by atoms with Crippen LogP contribution in [0.1, 0.15) is 32.3 Å². The Balaban J connectivity index is 0.000000463. The minimum Gasteiger partial charge on any atom is -0.550 e. The summed E-state index contributed by atoms with van der Waals surface area (Å²) in [5.74, 6) is -0.540. The molecule has 0 saturated carbocycles. The molecule has 0 aromatic heterocycles. The van der Waals surface area contributed by atoms with Gasteiger partial charge < -0.3 is 30.8 Å². The van der Waals surface area contributed by atoms with Crippen LogP contribution >= 0.6 is 0 Å². The normalized spacial score (nSPS) is 17.0. The zero-order valence-electron chi connectivity index (χ0n) is 13.5. The minimum absolute atomic E-state index is 0.0904. The molecule has 1 aromatic rings. The summed E-state index contributed by atoms with van der Waals surface area (Å²) >= 11 is 0. The van der Waals surface area contributed by atoms with E-state index < -0.39 is 5.97 Å². The van der Waals surface area contributed by atoms with Crippen molar-refractivity contribution < 1.29 is 30.3 Å². The van der Waals surface area contributed by atoms with Gasteiger partial charge in [0.05, 0.1) is 6.61 Å². The number of nitrogens with one attached hydrogen (secondary N) is 1. The quantitative estimate of drug-likeness (QED) is 0.661. The Bertz CT molecular complexity index is 545. The molecular formula is C16H24N2O5. The van der Waals surface area contributed by atoms with Crippen molar-refractivity contribution in [3.05, 3.63) is 23.8 Å². The maximum atomic E-state index is 10.9. The molecule has 5 N–H and O–H groups in total. The lowest BCUT2D eigenvalue weighted by atomic mass is 10.00. The topological polar surface area (TPSA) is 126 Å². The molecule has 0 bridgehead atoms. The van der Waals surface area contributed by atoms with Gasteiger partial charge in [-0.2, -0.15) is 0 Å². The standard InChI is InChI=1S/C13H15NO4.C3H9NO/c1-8(15)14-10-3-5-12-9(6-10)2-4-11(18-12)7-13(16)17;1-3(4)2-5/h3,5-6,11H,2,4,7H2,1H3,(H,14,15)(H,16,17);3,5H,2,4H2,1H3/t11-;3-/m01/s1. The van der Waals surface area contributed by atoms with Gasteiger partial charge in [-0.3, -0.25) is 4.79 Å². The van der Waals surface area contributed by atoms with Crippen LogP contribution in [0.25, 0.3) is 0 Å². The van der Waals surface area contributed by atoms with E-state index in [2.05, 4.69) is 11.1 Å². The lowest BCUT2D eigenvalue weighted by Gasteiger charge is -2.26. The largest absolute Gasteiger partial charge is 0.550 e. The molecule has 0 radical (unpaired) electrons. The second-order valence-corrected chi connectivity index (χ2v) is 5.65. The molecule has 7 heteroatoms. The Kier molecular flexibility index (Phi) is 7.50. The number of carboxylic acids is 1. The molecule has 23 heavy (non-hydrogen) atoms. The lowest BCUT2D eigenvalue weighted by molar-refractivity contribution is -0.419. The average Bonchev–Trinajstić information content (AvgIpc) is 2.46. The number of rotatable bonds is 4. The van der Waals surface area contributed by atoms with Crippen molar-refractivity contribution in [1.82, 2.24) is 0 Å². The summed E-state index contributed by atoms with van der Waals surface area (Å²) in [4.78, 5) is 21.5. The number of anilines is 1. The first-order valence-electron chi connectivity index (χ1n) is 7.52. The van der Waals surface area contributed by atoms with Gasteiger partial charge in [0.1, 0.15) is 17.9 Å². The second kappa shape index (κ2) is 9.12. The fourth-order valence-electron chi connectivity index (χ4n) is 2.06. The number of carbonyl (C=O) groups excluding carboxylic acids is 2. The number of aliphatic hydroxyl groups excluding tert-OH is 1. The van der Waals surface area contributed by atoms with E-state index in [1.54, 1.807) is 12.1 Å². The molecule has 128 valence electrons. The fourth-order valence-corrected chi connectivity index (χ4v) is 2.06. The third-order valence-corrected chi connectivity index (χ3v) is 3.12. The van der Waals surface area contributed by atoms with Gasteiger partial charge in [0, 0.05) is 25.0 Å². The van der Waals surface area contributed by atoms with Crippen molar-refractivity contribution in [2.45, 2.75) is 45.3 Å². The fraction of sp³-hybridized carbons (Fsp3) is 0.500. The second-order valence-electron chi connectivity index (χ2n) is 5.65. The maximum Gasteiger partial charge on any atom is 0.221 e. The van der Waals surface area contributed by atoms with E-state index in [0.29, 0.717) is 12.2 Å². The van der Waals surface area contributed by atoms with Crippen LogP contribution in [0.2, 0.25) is 0 Å². The van der Waals surface area contributed by atoms with Crippen molar-refractivity contribution in [2.24, 2.45) is 0 Å². The summed E-state index contributed by atoms with van der Waals surface area (Å²) in [5.41, 5.74) is 5.21. The number of carbonyl (C=O) groups is 2. The molecule has 0 unspecified atom stereocenters. The van der Waals surface area contributed by atoms with E-state index in [1.807, 2.05) is 13.0 Å². The Hall–Kier alpha value is -2.12. The highest BCUT2D eigenvalue weighted by atomic mass is 16.5. The Morgan fingerprint density at radius 1 is 1.52 bits per heavy atom. The minimum atomic E-state index is -1.10. The van der Waals surface area contributed by atoms with E-state index in [1.165, 1.54) is 6.92 Å². The summed E-state index contributed by atoms with van der Waals surface area (Å²) in [6, 6.07) is 5.53. The number of ether oxygens (including phenoxy) is 1. The zero-order valence-corrected chi connectivity index (χ0v) is 13.5. The van der Waals surface area contributed by atoms with Crippen molar-refractivity contribution in [3.63, 3.8) is 0 Å². The molecule has 1 aliphatic rings. The number of amides is 1. The predicted molar refractivity (Wildman–Crippen MR) is 82.5 cm³/mol. The van der Waals surface area contributed by atoms with E-state index in [0.717, 1.165) is 17.7 Å². The number of hydrogen-bond acceptors (Lipinski definition) is 5. The zero-order chi connectivity index (χ0) is 17.4. The SMILES string of the molecule is CC(=O)Nc1ccc2c(c1)CC[C@@H](CC(=O)[O-])O2.C[C@@H]([NH3+])CO. The molecule has 2 atom stereocenters. The molecule has 0 saturated heterocycles. The number of quaternary nitrogens is 1. The van der Waals surface area contributed by atoms with Crippen LogP contribution in [0.5, 0.6) is 5.75 Å². The summed E-state index contributed by atoms with van der Waals surface area (Å²) in [6.07, 6.45) is 0.965. The first-order chi connectivity index (χ1) is 10.8. The van der Waals surface area contributed by atoms with Crippen LogP contribution in [-0.4, -0.2) is 35.7 Å². The van der Waals surface area contributed by atoms with Crippen molar-refractivity contribution in [1.29, 1.82) is 0 Å². The van der Waals surface area contributed by atoms with Gasteiger partial charge in [-0.25, -0.2) is 0 Å². The molecule has 7 nitrogen and oxygen atoms in total. The molecule has 2 rings (SSSR count). The van der Waals surface area contributed by atoms with Crippen molar-refractivity contribution >= 4 is 17.6 Å². The Labute approximate surface area is 135 Å². The van der Waals surface area contributed by atoms with Gasteiger partial charge in [0.2, 0.25) is 5.91 Å².